The number of hydrogen-bond donors (Lipinski definition) is 0. The molecule has 4 rings (SSSR count). The molecule has 0 aliphatic heterocycles. The van der Waals surface area contributed by atoms with Gasteiger partial charge in [0.1, 0.15) is 10.8 Å². The zero-order valence-corrected chi connectivity index (χ0v) is 13.9. The molecule has 0 fully saturated rings. The molecule has 5 nitrogen and oxygen atoms in total. The molecular formula is C18H15N3O2S. The Bertz CT molecular complexity index is 1070. The second-order valence-corrected chi connectivity index (χ2v) is 6.51. The molecule has 0 saturated carbocycles. The summed E-state index contributed by atoms with van der Waals surface area (Å²) in [7, 11) is 1.66. The molecule has 0 aliphatic rings. The summed E-state index contributed by atoms with van der Waals surface area (Å²) < 4.78 is 6.58. The zero-order valence-electron chi connectivity index (χ0n) is 13.1. The van der Waals surface area contributed by atoms with Crippen LogP contribution < -0.4 is 10.3 Å². The maximum absolute atomic E-state index is 12.5. The number of aromatic nitrogens is 3. The molecule has 0 bridgehead atoms. The van der Waals surface area contributed by atoms with Crippen LogP contribution in [0.4, 0.5) is 0 Å². The number of methoxy groups -OCH3 is 1. The first-order chi connectivity index (χ1) is 11.7. The monoisotopic (exact) mass is 337 g/mol. The van der Waals surface area contributed by atoms with Gasteiger partial charge in [0.2, 0.25) is 4.96 Å². The average molecular weight is 337 g/mol. The summed E-state index contributed by atoms with van der Waals surface area (Å²) in [6.07, 6.45) is 1.63. The summed E-state index contributed by atoms with van der Waals surface area (Å²) in [4.78, 5) is 17.7. The molecule has 2 aromatic heterocycles. The van der Waals surface area contributed by atoms with Crippen LogP contribution in [0.3, 0.4) is 0 Å². The van der Waals surface area contributed by atoms with Crippen molar-refractivity contribution >= 4 is 27.2 Å². The molecule has 0 atom stereocenters. The molecule has 4 aromatic rings. The molecule has 6 heteroatoms. The van der Waals surface area contributed by atoms with E-state index in [1.165, 1.54) is 21.4 Å². The predicted molar refractivity (Wildman–Crippen MR) is 95.0 cm³/mol. The van der Waals surface area contributed by atoms with E-state index in [9.17, 15) is 4.79 Å². The van der Waals surface area contributed by atoms with Crippen molar-refractivity contribution in [1.82, 2.24) is 14.6 Å². The minimum Gasteiger partial charge on any atom is -0.497 e. The first-order valence-corrected chi connectivity index (χ1v) is 8.47. The van der Waals surface area contributed by atoms with Crippen LogP contribution in [0.2, 0.25) is 0 Å². The third-order valence-corrected chi connectivity index (χ3v) is 4.90. The van der Waals surface area contributed by atoms with Gasteiger partial charge in [0, 0.05) is 6.42 Å². The Morgan fingerprint density at radius 2 is 1.88 bits per heavy atom. The number of benzene rings is 2. The summed E-state index contributed by atoms with van der Waals surface area (Å²) in [5.74, 6) is 0.848. The highest BCUT2D eigenvalue weighted by molar-refractivity contribution is 7.16. The van der Waals surface area contributed by atoms with E-state index in [1.807, 2.05) is 42.5 Å². The van der Waals surface area contributed by atoms with Gasteiger partial charge in [-0.25, -0.2) is 4.98 Å². The van der Waals surface area contributed by atoms with Crippen LogP contribution in [0.25, 0.3) is 15.9 Å². The molecule has 0 unspecified atom stereocenters. The maximum atomic E-state index is 12.5. The number of nitrogens with zero attached hydrogens (tertiary/aromatic N) is 3. The SMILES string of the molecule is COc1ccc(CCc2nn3c(=O)c4ccccc4nc3s2)cc1. The first-order valence-electron chi connectivity index (χ1n) is 7.65. The lowest BCUT2D eigenvalue weighted by molar-refractivity contribution is 0.414. The van der Waals surface area contributed by atoms with Crippen molar-refractivity contribution in [3.8, 4) is 5.75 Å². The highest BCUT2D eigenvalue weighted by Crippen LogP contribution is 2.18. The lowest BCUT2D eigenvalue weighted by Crippen LogP contribution is -2.15. The smallest absolute Gasteiger partial charge is 0.283 e. The zero-order chi connectivity index (χ0) is 16.5. The number of ether oxygens (including phenoxy) is 1. The molecule has 120 valence electrons. The van der Waals surface area contributed by atoms with Gasteiger partial charge in [0.25, 0.3) is 5.56 Å². The fraction of sp³-hybridized carbons (Fsp3) is 0.167. The Balaban J connectivity index is 1.63. The van der Waals surface area contributed by atoms with E-state index in [-0.39, 0.29) is 5.56 Å². The van der Waals surface area contributed by atoms with E-state index in [0.717, 1.165) is 23.6 Å². The van der Waals surface area contributed by atoms with Crippen molar-refractivity contribution < 1.29 is 4.74 Å². The van der Waals surface area contributed by atoms with Crippen LogP contribution in [0.15, 0.2) is 53.3 Å². The quantitative estimate of drug-likeness (QED) is 0.574. The van der Waals surface area contributed by atoms with Crippen LogP contribution in [0.5, 0.6) is 5.75 Å². The maximum Gasteiger partial charge on any atom is 0.283 e. The third-order valence-electron chi connectivity index (χ3n) is 3.93. The van der Waals surface area contributed by atoms with Crippen LogP contribution in [0, 0.1) is 0 Å². The lowest BCUT2D eigenvalue weighted by Gasteiger charge is -2.01. The molecule has 0 saturated heterocycles. The highest BCUT2D eigenvalue weighted by Gasteiger charge is 2.10. The van der Waals surface area contributed by atoms with Gasteiger partial charge in [-0.3, -0.25) is 4.79 Å². The van der Waals surface area contributed by atoms with Crippen LogP contribution in [0.1, 0.15) is 10.6 Å². The second kappa shape index (κ2) is 6.05. The van der Waals surface area contributed by atoms with Crippen molar-refractivity contribution in [2.24, 2.45) is 0 Å². The van der Waals surface area contributed by atoms with Crippen LogP contribution >= 0.6 is 11.3 Å². The molecular weight excluding hydrogens is 322 g/mol. The Morgan fingerprint density at radius 3 is 2.67 bits per heavy atom. The van der Waals surface area contributed by atoms with Crippen LogP contribution in [-0.2, 0) is 12.8 Å². The molecule has 0 amide bonds. The Hall–Kier alpha value is -2.73. The van der Waals surface area contributed by atoms with Gasteiger partial charge in [-0.2, -0.15) is 9.61 Å². The van der Waals surface area contributed by atoms with Gasteiger partial charge in [-0.1, -0.05) is 35.6 Å². The second-order valence-electron chi connectivity index (χ2n) is 5.47. The summed E-state index contributed by atoms with van der Waals surface area (Å²) in [5, 5.41) is 5.95. The molecule has 0 radical (unpaired) electrons. The van der Waals surface area contributed by atoms with Gasteiger partial charge < -0.3 is 4.74 Å². The summed E-state index contributed by atoms with van der Waals surface area (Å²) in [6.45, 7) is 0. The number of aryl methyl sites for hydroxylation is 2. The Labute approximate surface area is 142 Å². The number of rotatable bonds is 4. The number of hydrogen-bond acceptors (Lipinski definition) is 5. The average Bonchev–Trinajstić information content (AvgIpc) is 3.04. The Kier molecular flexibility index (Phi) is 3.74. The van der Waals surface area contributed by atoms with E-state index in [2.05, 4.69) is 10.1 Å². The highest BCUT2D eigenvalue weighted by atomic mass is 32.1. The third kappa shape index (κ3) is 2.65. The van der Waals surface area contributed by atoms with Gasteiger partial charge in [-0.15, -0.1) is 0 Å². The van der Waals surface area contributed by atoms with Gasteiger partial charge in [0.15, 0.2) is 0 Å². The summed E-state index contributed by atoms with van der Waals surface area (Å²) in [6, 6.07) is 15.4. The fourth-order valence-corrected chi connectivity index (χ4v) is 3.53. The van der Waals surface area contributed by atoms with Crippen LogP contribution in [-0.4, -0.2) is 21.7 Å². The largest absolute Gasteiger partial charge is 0.497 e. The van der Waals surface area contributed by atoms with Crippen molar-refractivity contribution in [2.45, 2.75) is 12.8 Å². The van der Waals surface area contributed by atoms with E-state index in [1.54, 1.807) is 13.2 Å². The van der Waals surface area contributed by atoms with E-state index in [0.29, 0.717) is 15.9 Å². The molecule has 0 aliphatic carbocycles. The number of fused-ring (bicyclic) bond motifs is 2. The molecule has 2 heterocycles. The minimum atomic E-state index is -0.109. The van der Waals surface area contributed by atoms with E-state index >= 15 is 0 Å². The van der Waals surface area contributed by atoms with Crippen molar-refractivity contribution in [3.05, 3.63) is 69.5 Å². The van der Waals surface area contributed by atoms with Crippen molar-refractivity contribution in [2.75, 3.05) is 7.11 Å². The van der Waals surface area contributed by atoms with E-state index < -0.39 is 0 Å². The molecule has 0 N–H and O–H groups in total. The minimum absolute atomic E-state index is 0.109. The number of para-hydroxylation sites is 1. The van der Waals surface area contributed by atoms with Crippen molar-refractivity contribution in [3.63, 3.8) is 0 Å². The Morgan fingerprint density at radius 1 is 1.08 bits per heavy atom. The standard InChI is InChI=1S/C18H15N3O2S/c1-23-13-9-6-12(7-10-13)8-11-16-20-21-17(22)14-4-2-3-5-15(14)19-18(21)24-16/h2-7,9-10H,8,11H2,1H3. The molecule has 2 aromatic carbocycles. The summed E-state index contributed by atoms with van der Waals surface area (Å²) in [5.41, 5.74) is 1.82. The predicted octanol–water partition coefficient (Wildman–Crippen LogP) is 3.10. The first kappa shape index (κ1) is 14.8. The van der Waals surface area contributed by atoms with Gasteiger partial charge >= 0.3 is 0 Å². The van der Waals surface area contributed by atoms with E-state index in [4.69, 9.17) is 4.74 Å². The molecule has 24 heavy (non-hydrogen) atoms. The topological polar surface area (TPSA) is 56.5 Å². The van der Waals surface area contributed by atoms with Gasteiger partial charge in [-0.05, 0) is 36.2 Å². The lowest BCUT2D eigenvalue weighted by atomic mass is 10.1. The van der Waals surface area contributed by atoms with Crippen molar-refractivity contribution in [1.29, 1.82) is 0 Å². The normalized spacial score (nSPS) is 11.2. The summed E-state index contributed by atoms with van der Waals surface area (Å²) >= 11 is 1.47. The molecule has 0 spiro atoms. The van der Waals surface area contributed by atoms with Gasteiger partial charge in [0.05, 0.1) is 18.0 Å². The fourth-order valence-electron chi connectivity index (χ4n) is 2.64.